The van der Waals surface area contributed by atoms with Gasteiger partial charge >= 0.3 is 0 Å². The van der Waals surface area contributed by atoms with Crippen molar-refractivity contribution in [1.82, 2.24) is 69.7 Å². The first kappa shape index (κ1) is 45.9. The number of hydrogen-bond donors (Lipinski definition) is 2. The van der Waals surface area contributed by atoms with Gasteiger partial charge in [0.25, 0.3) is 0 Å². The van der Waals surface area contributed by atoms with Gasteiger partial charge in [-0.3, -0.25) is 29.1 Å². The Bertz CT molecular complexity index is 3010. The van der Waals surface area contributed by atoms with E-state index in [9.17, 15) is 0 Å². The average Bonchev–Trinajstić information content (AvgIpc) is 4.04. The summed E-state index contributed by atoms with van der Waals surface area (Å²) in [6.07, 6.45) is 16.1. The Kier molecular flexibility index (Phi) is 14.1. The van der Waals surface area contributed by atoms with Gasteiger partial charge in [-0.1, -0.05) is 27.7 Å². The number of nitrogens with one attached hydrogen (secondary N) is 2. The van der Waals surface area contributed by atoms with E-state index in [0.29, 0.717) is 35.6 Å². The van der Waals surface area contributed by atoms with Crippen molar-refractivity contribution in [3.05, 3.63) is 108 Å². The molecule has 2 fully saturated rings. The topological polar surface area (TPSA) is 188 Å². The Morgan fingerprint density at radius 2 is 1.30 bits per heavy atom. The highest BCUT2D eigenvalue weighted by atomic mass is 16.5. The minimum Gasteiger partial charge on any atom is -0.379 e. The molecule has 0 radical (unpaired) electrons. The largest absolute Gasteiger partial charge is 0.379 e. The van der Waals surface area contributed by atoms with Crippen LogP contribution >= 0.6 is 0 Å². The first-order valence-corrected chi connectivity index (χ1v) is 24.3. The van der Waals surface area contributed by atoms with Gasteiger partial charge < -0.3 is 20.1 Å². The number of anilines is 4. The number of aryl methyl sites for hydroxylation is 2. The zero-order chi connectivity index (χ0) is 47.1. The first-order chi connectivity index (χ1) is 33.8. The highest BCUT2D eigenvalue weighted by Crippen LogP contribution is 2.32. The van der Waals surface area contributed by atoms with E-state index in [-0.39, 0.29) is 5.92 Å². The smallest absolute Gasteiger partial charge is 0.154 e. The zero-order valence-corrected chi connectivity index (χ0v) is 39.9. The maximum Gasteiger partial charge on any atom is 0.154 e. The van der Waals surface area contributed by atoms with Crippen LogP contribution in [-0.2, 0) is 35.4 Å². The SMILES string of the molecule is CCc1nn(CCCN2CCOCC2)cc1-c1cnc2c(CC(C)c3cnnc(Nc4ccc5ncc(-c6cnn(CCN7CCOCC7)c6)cc5n4)c3)cc(Nc3cc(C(C)C)cnn3)nc2c1. The minimum absolute atomic E-state index is 0.0403. The van der Waals surface area contributed by atoms with Crippen LogP contribution in [0.5, 0.6) is 0 Å². The van der Waals surface area contributed by atoms with Crippen LogP contribution in [0.25, 0.3) is 44.3 Å². The maximum absolute atomic E-state index is 5.54. The van der Waals surface area contributed by atoms with E-state index in [4.69, 9.17) is 34.5 Å². The Morgan fingerprint density at radius 3 is 2.07 bits per heavy atom. The van der Waals surface area contributed by atoms with Crippen LogP contribution in [0.4, 0.5) is 23.3 Å². The van der Waals surface area contributed by atoms with E-state index in [1.807, 2.05) is 59.9 Å². The number of fused-ring (bicyclic) bond motifs is 2. The third kappa shape index (κ3) is 11.2. The molecule has 0 spiro atoms. The predicted molar refractivity (Wildman–Crippen MR) is 267 cm³/mol. The molecule has 8 aromatic heterocycles. The second kappa shape index (κ2) is 21.2. The molecule has 0 aliphatic carbocycles. The normalized spacial score (nSPS) is 15.3. The van der Waals surface area contributed by atoms with Crippen molar-refractivity contribution in [3.8, 4) is 22.3 Å². The molecule has 10 heterocycles. The van der Waals surface area contributed by atoms with Crippen molar-refractivity contribution in [2.75, 3.05) is 76.3 Å². The third-order valence-corrected chi connectivity index (χ3v) is 13.1. The van der Waals surface area contributed by atoms with Gasteiger partial charge in [-0.05, 0) is 90.3 Å². The molecule has 8 aromatic rings. The Labute approximate surface area is 401 Å². The van der Waals surface area contributed by atoms with Crippen molar-refractivity contribution in [2.24, 2.45) is 0 Å². The number of ether oxygens (including phenoxy) is 2. The van der Waals surface area contributed by atoms with Crippen molar-refractivity contribution in [1.29, 1.82) is 0 Å². The molecule has 2 N–H and O–H groups in total. The van der Waals surface area contributed by atoms with Crippen LogP contribution in [-0.4, -0.2) is 135 Å². The number of nitrogens with zero attached hydrogens (tertiary/aromatic N) is 14. The van der Waals surface area contributed by atoms with Gasteiger partial charge in [0.05, 0.1) is 79.3 Å². The van der Waals surface area contributed by atoms with Crippen molar-refractivity contribution < 1.29 is 9.47 Å². The molecule has 2 aliphatic rings. The maximum atomic E-state index is 5.54. The summed E-state index contributed by atoms with van der Waals surface area (Å²) in [5, 5.41) is 34.1. The molecule has 18 nitrogen and oxygen atoms in total. The van der Waals surface area contributed by atoms with Crippen molar-refractivity contribution in [3.63, 3.8) is 0 Å². The quantitative estimate of drug-likeness (QED) is 0.0863. The summed E-state index contributed by atoms with van der Waals surface area (Å²) in [5.41, 5.74) is 11.4. The summed E-state index contributed by atoms with van der Waals surface area (Å²) in [6.45, 7) is 19.3. The molecule has 1 atom stereocenters. The summed E-state index contributed by atoms with van der Waals surface area (Å²) < 4.78 is 15.1. The van der Waals surface area contributed by atoms with Crippen LogP contribution in [0.2, 0.25) is 0 Å². The second-order valence-electron chi connectivity index (χ2n) is 18.3. The van der Waals surface area contributed by atoms with Gasteiger partial charge in [-0.2, -0.15) is 20.4 Å². The minimum atomic E-state index is 0.0403. The number of rotatable bonds is 18. The molecule has 0 saturated carbocycles. The van der Waals surface area contributed by atoms with Crippen LogP contribution in [0, 0.1) is 0 Å². The van der Waals surface area contributed by atoms with Crippen LogP contribution in [0.3, 0.4) is 0 Å². The summed E-state index contributed by atoms with van der Waals surface area (Å²) in [4.78, 5) is 24.8. The van der Waals surface area contributed by atoms with E-state index in [1.165, 1.54) is 0 Å². The lowest BCUT2D eigenvalue weighted by Crippen LogP contribution is -2.38. The molecular weight excluding hydrogens is 869 g/mol. The van der Waals surface area contributed by atoms with Gasteiger partial charge in [-0.15, -0.1) is 10.2 Å². The Morgan fingerprint density at radius 1 is 0.609 bits per heavy atom. The molecule has 0 amide bonds. The highest BCUT2D eigenvalue weighted by Gasteiger charge is 2.19. The highest BCUT2D eigenvalue weighted by molar-refractivity contribution is 5.85. The zero-order valence-electron chi connectivity index (χ0n) is 39.9. The van der Waals surface area contributed by atoms with Crippen LogP contribution < -0.4 is 10.6 Å². The second-order valence-corrected chi connectivity index (χ2v) is 18.3. The van der Waals surface area contributed by atoms with E-state index in [0.717, 1.165) is 158 Å². The molecule has 2 aliphatic heterocycles. The molecule has 69 heavy (non-hydrogen) atoms. The lowest BCUT2D eigenvalue weighted by atomic mass is 9.94. The molecule has 2 saturated heterocycles. The van der Waals surface area contributed by atoms with Gasteiger partial charge in [0.15, 0.2) is 11.6 Å². The number of hydrogen-bond acceptors (Lipinski definition) is 16. The lowest BCUT2D eigenvalue weighted by molar-refractivity contribution is 0.0359. The molecule has 10 rings (SSSR count). The Hall–Kier alpha value is -6.86. The summed E-state index contributed by atoms with van der Waals surface area (Å²) in [7, 11) is 0. The van der Waals surface area contributed by atoms with Gasteiger partial charge in [0.2, 0.25) is 0 Å². The van der Waals surface area contributed by atoms with E-state index in [2.05, 4.69) is 109 Å². The molecule has 356 valence electrons. The fraction of sp³-hybridized carbons (Fsp3) is 0.412. The van der Waals surface area contributed by atoms with Gasteiger partial charge in [0, 0.05) is 92.9 Å². The molecule has 18 heteroatoms. The summed E-state index contributed by atoms with van der Waals surface area (Å²) >= 11 is 0. The van der Waals surface area contributed by atoms with Crippen LogP contribution in [0.15, 0.2) is 85.8 Å². The fourth-order valence-electron chi connectivity index (χ4n) is 9.03. The molecule has 0 bridgehead atoms. The number of morpholine rings is 2. The van der Waals surface area contributed by atoms with E-state index < -0.39 is 0 Å². The molecule has 1 unspecified atom stereocenters. The van der Waals surface area contributed by atoms with Crippen molar-refractivity contribution >= 4 is 45.3 Å². The number of pyridine rings is 4. The van der Waals surface area contributed by atoms with Gasteiger partial charge in [0.1, 0.15) is 11.6 Å². The third-order valence-electron chi connectivity index (χ3n) is 13.1. The molecule has 0 aromatic carbocycles. The monoisotopic (exact) mass is 929 g/mol. The van der Waals surface area contributed by atoms with E-state index >= 15 is 0 Å². The predicted octanol–water partition coefficient (Wildman–Crippen LogP) is 7.45. The summed E-state index contributed by atoms with van der Waals surface area (Å²) in [6, 6.07) is 14.2. The fourth-order valence-corrected chi connectivity index (χ4v) is 9.03. The number of aromatic nitrogens is 12. The van der Waals surface area contributed by atoms with Crippen LogP contribution in [0.1, 0.15) is 68.3 Å². The lowest BCUT2D eigenvalue weighted by Gasteiger charge is -2.26. The van der Waals surface area contributed by atoms with Gasteiger partial charge in [-0.25, -0.2) is 9.97 Å². The molecular formula is C51H60N16O2. The summed E-state index contributed by atoms with van der Waals surface area (Å²) in [5.74, 6) is 2.89. The first-order valence-electron chi connectivity index (χ1n) is 24.3. The van der Waals surface area contributed by atoms with Crippen molar-refractivity contribution in [2.45, 2.75) is 71.9 Å². The Balaban J connectivity index is 0.876. The van der Waals surface area contributed by atoms with E-state index in [1.54, 1.807) is 0 Å². The average molecular weight is 929 g/mol. The standard InChI is InChI=1S/C51H60N16O2/c1-5-43-42(33-67(63-43)10-6-9-64-13-17-68-18-14-64)40-23-46-51(53-28-40)36(24-48(58-46)60-49-25-37(34(2)3)29-54-61-49)21-35(4)38-26-50(62-55-30-38)59-47-8-7-44-45(57-47)22-39(27-52-44)41-31-56-66(32-41)12-11-65-15-19-69-20-16-65/h7-8,22-35H,5-6,9-21H2,1-4H3,(H,57,59,62)(H,58,60,61).